The molecule has 1 amide bonds. The number of rotatable bonds is 2. The average Bonchev–Trinajstić information content (AvgIpc) is 2.53. The third kappa shape index (κ3) is 3.07. The highest BCUT2D eigenvalue weighted by Gasteiger charge is 2.34. The van der Waals surface area contributed by atoms with Gasteiger partial charge in [0, 0.05) is 18.8 Å². The number of piperidine rings is 1. The molecule has 3 unspecified atom stereocenters. The van der Waals surface area contributed by atoms with E-state index in [-0.39, 0.29) is 11.8 Å². The van der Waals surface area contributed by atoms with Gasteiger partial charge in [-0.1, -0.05) is 31.4 Å². The molecule has 1 aromatic carbocycles. The fourth-order valence-electron chi connectivity index (χ4n) is 4.05. The van der Waals surface area contributed by atoms with E-state index in [0.717, 1.165) is 36.2 Å². The predicted octanol–water partition coefficient (Wildman–Crippen LogP) is 3.41. The molecule has 2 fully saturated rings. The maximum atomic E-state index is 12.8. The Kier molecular flexibility index (Phi) is 4.18. The Hall–Kier alpha value is -1.51. The number of likely N-dealkylation sites (tertiary alicyclic amines) is 1. The molecule has 0 radical (unpaired) electrons. The molecule has 114 valence electrons. The highest BCUT2D eigenvalue weighted by Crippen LogP contribution is 2.36. The van der Waals surface area contributed by atoms with Gasteiger partial charge in [0.2, 0.25) is 5.91 Å². The number of carbonyl (C=O) groups is 1. The van der Waals surface area contributed by atoms with Gasteiger partial charge < -0.3 is 10.6 Å². The maximum absolute atomic E-state index is 12.8. The minimum Gasteiger partial charge on any atom is -0.399 e. The van der Waals surface area contributed by atoms with Gasteiger partial charge >= 0.3 is 0 Å². The van der Waals surface area contributed by atoms with Crippen LogP contribution in [0.4, 0.5) is 5.69 Å². The van der Waals surface area contributed by atoms with E-state index in [1.165, 1.54) is 32.1 Å². The quantitative estimate of drug-likeness (QED) is 0.847. The van der Waals surface area contributed by atoms with Crippen molar-refractivity contribution in [2.24, 2.45) is 11.8 Å². The molecule has 3 rings (SSSR count). The molecular formula is C18H26N2O. The minimum atomic E-state index is -0.0892. The van der Waals surface area contributed by atoms with E-state index in [4.69, 9.17) is 5.73 Å². The molecule has 2 N–H and O–H groups in total. The van der Waals surface area contributed by atoms with Gasteiger partial charge in [0.05, 0.1) is 5.92 Å². The summed E-state index contributed by atoms with van der Waals surface area (Å²) in [4.78, 5) is 14.9. The summed E-state index contributed by atoms with van der Waals surface area (Å²) in [6.07, 6.45) is 6.60. The van der Waals surface area contributed by atoms with Crippen molar-refractivity contribution in [3.8, 4) is 0 Å². The summed E-state index contributed by atoms with van der Waals surface area (Å²) in [7, 11) is 0. The summed E-state index contributed by atoms with van der Waals surface area (Å²) in [6.45, 7) is 3.91. The molecule has 3 nitrogen and oxygen atoms in total. The molecule has 1 saturated heterocycles. The normalized spacial score (nSPS) is 27.0. The van der Waals surface area contributed by atoms with Crippen LogP contribution in [0.2, 0.25) is 0 Å². The molecule has 3 atom stereocenters. The van der Waals surface area contributed by atoms with Crippen LogP contribution in [0, 0.1) is 11.8 Å². The van der Waals surface area contributed by atoms with Gasteiger partial charge in [0.1, 0.15) is 0 Å². The molecule has 3 heteroatoms. The van der Waals surface area contributed by atoms with Crippen LogP contribution >= 0.6 is 0 Å². The first-order chi connectivity index (χ1) is 10.1. The number of nitrogen functional groups attached to an aromatic ring is 1. The second kappa shape index (κ2) is 6.08. The van der Waals surface area contributed by atoms with E-state index in [1.807, 2.05) is 31.2 Å². The molecule has 1 aliphatic carbocycles. The van der Waals surface area contributed by atoms with Crippen LogP contribution in [0.3, 0.4) is 0 Å². The number of benzene rings is 1. The van der Waals surface area contributed by atoms with Gasteiger partial charge in [-0.25, -0.2) is 0 Å². The Bertz CT molecular complexity index is 514. The van der Waals surface area contributed by atoms with Gasteiger partial charge in [0.25, 0.3) is 0 Å². The predicted molar refractivity (Wildman–Crippen MR) is 85.9 cm³/mol. The topological polar surface area (TPSA) is 46.3 Å². The van der Waals surface area contributed by atoms with Gasteiger partial charge in [-0.3, -0.25) is 4.79 Å². The van der Waals surface area contributed by atoms with Crippen molar-refractivity contribution in [2.75, 3.05) is 18.8 Å². The van der Waals surface area contributed by atoms with Gasteiger partial charge in [-0.15, -0.1) is 0 Å². The Morgan fingerprint density at radius 1 is 1.24 bits per heavy atom. The zero-order chi connectivity index (χ0) is 14.8. The largest absolute Gasteiger partial charge is 0.399 e. The summed E-state index contributed by atoms with van der Waals surface area (Å²) in [5, 5.41) is 0. The van der Waals surface area contributed by atoms with Crippen molar-refractivity contribution in [3.63, 3.8) is 0 Å². The van der Waals surface area contributed by atoms with Crippen LogP contribution in [0.25, 0.3) is 0 Å². The number of hydrogen-bond acceptors (Lipinski definition) is 2. The molecule has 2 aliphatic rings. The van der Waals surface area contributed by atoms with Crippen molar-refractivity contribution in [3.05, 3.63) is 29.8 Å². The van der Waals surface area contributed by atoms with E-state index in [0.29, 0.717) is 0 Å². The fraction of sp³-hybridized carbons (Fsp3) is 0.611. The van der Waals surface area contributed by atoms with E-state index < -0.39 is 0 Å². The van der Waals surface area contributed by atoms with Crippen LogP contribution in [-0.2, 0) is 4.79 Å². The maximum Gasteiger partial charge on any atom is 0.229 e. The van der Waals surface area contributed by atoms with E-state index in [9.17, 15) is 4.79 Å². The Balaban J connectivity index is 1.67. The molecule has 0 spiro atoms. The summed E-state index contributed by atoms with van der Waals surface area (Å²) in [5.74, 6) is 1.79. The number of nitrogens with two attached hydrogens (primary N) is 1. The molecule has 1 aliphatic heterocycles. The zero-order valence-electron chi connectivity index (χ0n) is 12.9. The van der Waals surface area contributed by atoms with E-state index in [1.54, 1.807) is 0 Å². The fourth-order valence-corrected chi connectivity index (χ4v) is 4.05. The SMILES string of the molecule is CC(C(=O)N1CCC2CCCCC2C1)c1cccc(N)c1. The lowest BCUT2D eigenvalue weighted by Gasteiger charge is -2.42. The van der Waals surface area contributed by atoms with Gasteiger partial charge in [0.15, 0.2) is 0 Å². The first kappa shape index (κ1) is 14.4. The van der Waals surface area contributed by atoms with Crippen LogP contribution < -0.4 is 5.73 Å². The van der Waals surface area contributed by atoms with Crippen LogP contribution in [-0.4, -0.2) is 23.9 Å². The summed E-state index contributed by atoms with van der Waals surface area (Å²) < 4.78 is 0. The Labute approximate surface area is 127 Å². The minimum absolute atomic E-state index is 0.0892. The van der Waals surface area contributed by atoms with Crippen molar-refractivity contribution in [1.29, 1.82) is 0 Å². The van der Waals surface area contributed by atoms with E-state index in [2.05, 4.69) is 4.90 Å². The highest BCUT2D eigenvalue weighted by atomic mass is 16.2. The Morgan fingerprint density at radius 2 is 2.00 bits per heavy atom. The van der Waals surface area contributed by atoms with Crippen molar-refractivity contribution < 1.29 is 4.79 Å². The van der Waals surface area contributed by atoms with Crippen LogP contribution in [0.15, 0.2) is 24.3 Å². The molecule has 1 aromatic rings. The lowest BCUT2D eigenvalue weighted by molar-refractivity contribution is -0.135. The standard InChI is InChI=1S/C18H26N2O/c1-13(15-7-4-8-17(19)11-15)18(21)20-10-9-14-5-2-3-6-16(14)12-20/h4,7-8,11,13-14,16H,2-3,5-6,9-10,12,19H2,1H3. The summed E-state index contributed by atoms with van der Waals surface area (Å²) in [6, 6.07) is 7.73. The number of hydrogen-bond donors (Lipinski definition) is 1. The first-order valence-electron chi connectivity index (χ1n) is 8.29. The average molecular weight is 286 g/mol. The van der Waals surface area contributed by atoms with Crippen molar-refractivity contribution >= 4 is 11.6 Å². The number of carbonyl (C=O) groups excluding carboxylic acids is 1. The summed E-state index contributed by atoms with van der Waals surface area (Å²) in [5.41, 5.74) is 7.61. The number of fused-ring (bicyclic) bond motifs is 1. The molecule has 21 heavy (non-hydrogen) atoms. The van der Waals surface area contributed by atoms with Crippen molar-refractivity contribution in [1.82, 2.24) is 4.90 Å². The van der Waals surface area contributed by atoms with Gasteiger partial charge in [-0.2, -0.15) is 0 Å². The van der Waals surface area contributed by atoms with E-state index >= 15 is 0 Å². The molecule has 1 saturated carbocycles. The number of anilines is 1. The molecule has 1 heterocycles. The Morgan fingerprint density at radius 3 is 2.76 bits per heavy atom. The second-order valence-corrected chi connectivity index (χ2v) is 6.77. The first-order valence-corrected chi connectivity index (χ1v) is 8.29. The lowest BCUT2D eigenvalue weighted by atomic mass is 9.75. The zero-order valence-corrected chi connectivity index (χ0v) is 12.9. The summed E-state index contributed by atoms with van der Waals surface area (Å²) >= 11 is 0. The number of nitrogens with zero attached hydrogens (tertiary/aromatic N) is 1. The molecule has 0 aromatic heterocycles. The third-order valence-corrected chi connectivity index (χ3v) is 5.38. The molecular weight excluding hydrogens is 260 g/mol. The molecule has 0 bridgehead atoms. The second-order valence-electron chi connectivity index (χ2n) is 6.77. The van der Waals surface area contributed by atoms with Crippen molar-refractivity contribution in [2.45, 2.75) is 44.9 Å². The monoisotopic (exact) mass is 286 g/mol. The van der Waals surface area contributed by atoms with Crippen LogP contribution in [0.1, 0.15) is 50.5 Å². The smallest absolute Gasteiger partial charge is 0.229 e. The highest BCUT2D eigenvalue weighted by molar-refractivity contribution is 5.83. The number of amides is 1. The third-order valence-electron chi connectivity index (χ3n) is 5.38. The lowest BCUT2D eigenvalue weighted by Crippen LogP contribution is -2.46. The van der Waals surface area contributed by atoms with Gasteiger partial charge in [-0.05, 0) is 49.3 Å². The van der Waals surface area contributed by atoms with Crippen LogP contribution in [0.5, 0.6) is 0 Å².